The van der Waals surface area contributed by atoms with Crippen LogP contribution in [0.25, 0.3) is 0 Å². The van der Waals surface area contributed by atoms with Gasteiger partial charge in [0.1, 0.15) is 11.8 Å². The maximum Gasteiger partial charge on any atom is 0.326 e. The van der Waals surface area contributed by atoms with Crippen LogP contribution in [0.4, 0.5) is 0 Å². The molecule has 0 bridgehead atoms. The van der Waals surface area contributed by atoms with E-state index in [-0.39, 0.29) is 6.61 Å². The lowest BCUT2D eigenvalue weighted by atomic mass is 10.1. The Balaban J connectivity index is 2.52. The minimum Gasteiger partial charge on any atom is -0.483 e. The number of benzene rings is 1. The highest BCUT2D eigenvalue weighted by atomic mass is 16.5. The second-order valence-electron chi connectivity index (χ2n) is 5.09. The summed E-state index contributed by atoms with van der Waals surface area (Å²) in [5, 5.41) is 11.6. The molecular weight excluding hydrogens is 270 g/mol. The predicted molar refractivity (Wildman–Crippen MR) is 80.5 cm³/mol. The molecule has 5 heteroatoms. The average Bonchev–Trinajstić information content (AvgIpc) is 2.44. The van der Waals surface area contributed by atoms with Crippen LogP contribution in [0.1, 0.15) is 37.3 Å². The first-order valence-electron chi connectivity index (χ1n) is 7.16. The molecule has 1 atom stereocenters. The largest absolute Gasteiger partial charge is 0.483 e. The van der Waals surface area contributed by atoms with Gasteiger partial charge in [0.25, 0.3) is 5.91 Å². The first-order chi connectivity index (χ1) is 9.95. The molecule has 21 heavy (non-hydrogen) atoms. The summed E-state index contributed by atoms with van der Waals surface area (Å²) in [6, 6.07) is 4.77. The van der Waals surface area contributed by atoms with E-state index in [4.69, 9.17) is 9.84 Å². The number of amides is 1. The molecule has 0 aliphatic rings. The molecule has 0 heterocycles. The molecule has 2 N–H and O–H groups in total. The normalized spacial score (nSPS) is 11.8. The molecule has 0 saturated carbocycles. The number of aliphatic carboxylic acids is 1. The Bertz CT molecular complexity index is 499. The van der Waals surface area contributed by atoms with Crippen LogP contribution in [0.2, 0.25) is 0 Å². The highest BCUT2D eigenvalue weighted by Crippen LogP contribution is 2.20. The fourth-order valence-corrected chi connectivity index (χ4v) is 1.93. The number of carboxylic acids is 1. The minimum absolute atomic E-state index is 0.180. The quantitative estimate of drug-likeness (QED) is 0.772. The third-order valence-electron chi connectivity index (χ3n) is 3.39. The number of aryl methyl sites for hydroxylation is 1. The van der Waals surface area contributed by atoms with Gasteiger partial charge in [0.15, 0.2) is 6.61 Å². The second kappa shape index (κ2) is 8.29. The number of unbranched alkanes of at least 4 members (excludes halogenated alkanes) is 1. The first-order valence-corrected chi connectivity index (χ1v) is 7.16. The molecule has 0 aliphatic heterocycles. The van der Waals surface area contributed by atoms with Gasteiger partial charge in [0.05, 0.1) is 0 Å². The molecule has 1 unspecified atom stereocenters. The third-order valence-corrected chi connectivity index (χ3v) is 3.39. The zero-order valence-electron chi connectivity index (χ0n) is 12.8. The van der Waals surface area contributed by atoms with Crippen LogP contribution >= 0.6 is 0 Å². The Hall–Kier alpha value is -2.04. The van der Waals surface area contributed by atoms with Crippen LogP contribution in [0.5, 0.6) is 5.75 Å². The molecule has 1 amide bonds. The minimum atomic E-state index is -1.01. The van der Waals surface area contributed by atoms with Crippen LogP contribution < -0.4 is 10.1 Å². The molecule has 0 radical (unpaired) electrons. The van der Waals surface area contributed by atoms with E-state index in [0.29, 0.717) is 12.2 Å². The number of hydrogen-bond acceptors (Lipinski definition) is 3. The van der Waals surface area contributed by atoms with E-state index in [2.05, 4.69) is 5.32 Å². The zero-order valence-corrected chi connectivity index (χ0v) is 12.8. The molecule has 1 aromatic carbocycles. The number of carbonyl (C=O) groups is 2. The molecule has 5 nitrogen and oxygen atoms in total. The number of hydrogen-bond donors (Lipinski definition) is 2. The first kappa shape index (κ1) is 17.0. The smallest absolute Gasteiger partial charge is 0.326 e. The summed E-state index contributed by atoms with van der Waals surface area (Å²) in [4.78, 5) is 22.8. The van der Waals surface area contributed by atoms with Crippen LogP contribution in [0.3, 0.4) is 0 Å². The number of nitrogens with one attached hydrogen (secondary N) is 1. The van der Waals surface area contributed by atoms with Gasteiger partial charge in [-0.2, -0.15) is 0 Å². The number of carbonyl (C=O) groups excluding carboxylic acids is 1. The zero-order chi connectivity index (χ0) is 15.8. The molecule has 0 aromatic heterocycles. The third kappa shape index (κ3) is 5.45. The summed E-state index contributed by atoms with van der Waals surface area (Å²) >= 11 is 0. The Morgan fingerprint density at radius 3 is 2.67 bits per heavy atom. The molecule has 0 spiro atoms. The molecule has 1 rings (SSSR count). The van der Waals surface area contributed by atoms with Crippen LogP contribution in [0.15, 0.2) is 18.2 Å². The van der Waals surface area contributed by atoms with Gasteiger partial charge in [-0.15, -0.1) is 0 Å². The van der Waals surface area contributed by atoms with Crippen LogP contribution in [-0.4, -0.2) is 29.6 Å². The van der Waals surface area contributed by atoms with Gasteiger partial charge in [0, 0.05) is 0 Å². The van der Waals surface area contributed by atoms with Crippen molar-refractivity contribution in [3.8, 4) is 5.75 Å². The van der Waals surface area contributed by atoms with Crippen molar-refractivity contribution in [1.82, 2.24) is 5.32 Å². The molecular formula is C16H23NO4. The molecule has 116 valence electrons. The van der Waals surface area contributed by atoms with E-state index in [1.54, 1.807) is 6.07 Å². The highest BCUT2D eigenvalue weighted by molar-refractivity contribution is 5.84. The van der Waals surface area contributed by atoms with E-state index in [1.165, 1.54) is 0 Å². The van der Waals surface area contributed by atoms with Crippen molar-refractivity contribution >= 4 is 11.9 Å². The van der Waals surface area contributed by atoms with Gasteiger partial charge in [-0.1, -0.05) is 31.9 Å². The highest BCUT2D eigenvalue weighted by Gasteiger charge is 2.19. The Morgan fingerprint density at radius 2 is 2.05 bits per heavy atom. The lowest BCUT2D eigenvalue weighted by Gasteiger charge is -2.15. The fraction of sp³-hybridized carbons (Fsp3) is 0.500. The lowest BCUT2D eigenvalue weighted by Crippen LogP contribution is -2.42. The van der Waals surface area contributed by atoms with Gasteiger partial charge in [-0.25, -0.2) is 4.79 Å². The van der Waals surface area contributed by atoms with E-state index < -0.39 is 17.9 Å². The maximum atomic E-state index is 11.8. The van der Waals surface area contributed by atoms with Crippen molar-refractivity contribution in [3.05, 3.63) is 29.3 Å². The van der Waals surface area contributed by atoms with Gasteiger partial charge >= 0.3 is 5.97 Å². The second-order valence-corrected chi connectivity index (χ2v) is 5.09. The molecule has 0 saturated heterocycles. The van der Waals surface area contributed by atoms with Crippen molar-refractivity contribution in [2.45, 2.75) is 46.1 Å². The molecule has 1 aromatic rings. The summed E-state index contributed by atoms with van der Waals surface area (Å²) < 4.78 is 5.46. The maximum absolute atomic E-state index is 11.8. The summed E-state index contributed by atoms with van der Waals surface area (Å²) in [7, 11) is 0. The van der Waals surface area contributed by atoms with Gasteiger partial charge < -0.3 is 15.2 Å². The van der Waals surface area contributed by atoms with Crippen molar-refractivity contribution in [2.75, 3.05) is 6.61 Å². The van der Waals surface area contributed by atoms with Crippen molar-refractivity contribution in [1.29, 1.82) is 0 Å². The predicted octanol–water partition coefficient (Wildman–Crippen LogP) is 2.44. The van der Waals surface area contributed by atoms with Crippen LogP contribution in [0, 0.1) is 13.8 Å². The Morgan fingerprint density at radius 1 is 1.33 bits per heavy atom. The van der Waals surface area contributed by atoms with E-state index in [1.807, 2.05) is 32.9 Å². The van der Waals surface area contributed by atoms with E-state index in [0.717, 1.165) is 24.0 Å². The lowest BCUT2D eigenvalue weighted by molar-refractivity contribution is -0.142. The van der Waals surface area contributed by atoms with Crippen molar-refractivity contribution < 1.29 is 19.4 Å². The summed E-state index contributed by atoms with van der Waals surface area (Å²) in [5.41, 5.74) is 2.06. The number of rotatable bonds is 8. The van der Waals surface area contributed by atoms with Crippen molar-refractivity contribution in [3.63, 3.8) is 0 Å². The van der Waals surface area contributed by atoms with Gasteiger partial charge in [-0.3, -0.25) is 4.79 Å². The average molecular weight is 293 g/mol. The van der Waals surface area contributed by atoms with Gasteiger partial charge in [0.2, 0.25) is 0 Å². The Labute approximate surface area is 125 Å². The van der Waals surface area contributed by atoms with E-state index >= 15 is 0 Å². The standard InChI is InChI=1S/C16H23NO4/c1-4-5-8-13(16(19)20)17-15(18)10-21-14-9-6-7-11(2)12(14)3/h6-7,9,13H,4-5,8,10H2,1-3H3,(H,17,18)(H,19,20). The van der Waals surface area contributed by atoms with E-state index in [9.17, 15) is 9.59 Å². The fourth-order valence-electron chi connectivity index (χ4n) is 1.93. The van der Waals surface area contributed by atoms with Crippen LogP contribution in [-0.2, 0) is 9.59 Å². The number of carboxylic acid groups (broad SMARTS) is 1. The monoisotopic (exact) mass is 293 g/mol. The summed E-state index contributed by atoms with van der Waals surface area (Å²) in [5.74, 6) is -0.784. The SMILES string of the molecule is CCCCC(NC(=O)COc1cccc(C)c1C)C(=O)O. The van der Waals surface area contributed by atoms with Crippen molar-refractivity contribution in [2.24, 2.45) is 0 Å². The summed E-state index contributed by atoms with van der Waals surface area (Å²) in [6.45, 7) is 5.68. The summed E-state index contributed by atoms with van der Waals surface area (Å²) in [6.07, 6.45) is 2.08. The molecule has 0 fully saturated rings. The Kier molecular flexibility index (Phi) is 6.72. The topological polar surface area (TPSA) is 75.6 Å². The van der Waals surface area contributed by atoms with Gasteiger partial charge in [-0.05, 0) is 37.5 Å². The molecule has 0 aliphatic carbocycles. The number of ether oxygens (including phenoxy) is 1.